The van der Waals surface area contributed by atoms with Gasteiger partial charge in [0.1, 0.15) is 17.3 Å². The third kappa shape index (κ3) is 4.89. The van der Waals surface area contributed by atoms with E-state index in [1.54, 1.807) is 0 Å². The third-order valence-corrected chi connectivity index (χ3v) is 4.66. The molecule has 3 rings (SSSR count). The van der Waals surface area contributed by atoms with Crippen molar-refractivity contribution in [3.05, 3.63) is 35.4 Å². The molecule has 2 N–H and O–H groups in total. The number of aromatic nitrogens is 2. The molecule has 11 heteroatoms. The fourth-order valence-electron chi connectivity index (χ4n) is 3.28. The fraction of sp³-hybridized carbons (Fsp3) is 0.444. The van der Waals surface area contributed by atoms with Crippen LogP contribution < -0.4 is 5.32 Å². The summed E-state index contributed by atoms with van der Waals surface area (Å²) in [5, 5.41) is 20.1. The molecule has 1 aliphatic rings. The number of phenolic OH excluding ortho intramolecular Hbond substituents is 1. The van der Waals surface area contributed by atoms with E-state index in [9.17, 15) is 31.4 Å². The van der Waals surface area contributed by atoms with E-state index in [1.165, 1.54) is 0 Å². The maximum absolute atomic E-state index is 13.6. The lowest BCUT2D eigenvalue weighted by molar-refractivity contribution is -0.138. The first-order chi connectivity index (χ1) is 13.4. The lowest BCUT2D eigenvalue weighted by atomic mass is 10.0. The van der Waals surface area contributed by atoms with Crippen LogP contribution in [-0.2, 0) is 12.4 Å². The van der Waals surface area contributed by atoms with Crippen LogP contribution in [0.3, 0.4) is 0 Å². The topological polar surface area (TPSA) is 61.3 Å². The minimum Gasteiger partial charge on any atom is -0.507 e. The van der Waals surface area contributed by atoms with Crippen molar-refractivity contribution in [2.75, 3.05) is 25.5 Å². The van der Waals surface area contributed by atoms with Crippen LogP contribution in [0.4, 0.5) is 32.2 Å². The summed E-state index contributed by atoms with van der Waals surface area (Å²) >= 11 is 0. The average molecular weight is 420 g/mol. The summed E-state index contributed by atoms with van der Waals surface area (Å²) in [6, 6.07) is 2.35. The van der Waals surface area contributed by atoms with E-state index in [0.717, 1.165) is 31.5 Å². The molecule has 29 heavy (non-hydrogen) atoms. The summed E-state index contributed by atoms with van der Waals surface area (Å²) in [5.41, 5.74) is -3.61. The highest BCUT2D eigenvalue weighted by atomic mass is 19.4. The van der Waals surface area contributed by atoms with Gasteiger partial charge in [-0.05, 0) is 50.7 Å². The molecular weight excluding hydrogens is 402 g/mol. The molecule has 1 aliphatic heterocycles. The molecule has 0 saturated carbocycles. The Morgan fingerprint density at radius 2 is 1.79 bits per heavy atom. The molecule has 1 aromatic heterocycles. The molecule has 1 atom stereocenters. The van der Waals surface area contributed by atoms with Gasteiger partial charge in [-0.3, -0.25) is 0 Å². The van der Waals surface area contributed by atoms with E-state index in [0.29, 0.717) is 18.7 Å². The Bertz CT molecular complexity index is 884. The molecule has 158 valence electrons. The number of benzene rings is 1. The Hall–Kier alpha value is -2.56. The maximum atomic E-state index is 13.6. The fourth-order valence-corrected chi connectivity index (χ4v) is 3.28. The Kier molecular flexibility index (Phi) is 5.61. The highest BCUT2D eigenvalue weighted by Crippen LogP contribution is 2.41. The van der Waals surface area contributed by atoms with Gasteiger partial charge in [0, 0.05) is 18.2 Å². The van der Waals surface area contributed by atoms with Crippen molar-refractivity contribution in [1.82, 2.24) is 15.1 Å². The second-order valence-electron chi connectivity index (χ2n) is 6.97. The molecule has 5 nitrogen and oxygen atoms in total. The number of nitrogens with one attached hydrogen (secondary N) is 1. The van der Waals surface area contributed by atoms with Gasteiger partial charge in [-0.25, -0.2) is 0 Å². The van der Waals surface area contributed by atoms with Gasteiger partial charge in [0.05, 0.1) is 11.1 Å². The van der Waals surface area contributed by atoms with Gasteiger partial charge in [-0.15, -0.1) is 10.2 Å². The third-order valence-electron chi connectivity index (χ3n) is 4.66. The van der Waals surface area contributed by atoms with Crippen LogP contribution >= 0.6 is 0 Å². The molecule has 0 radical (unpaired) electrons. The molecule has 2 aromatic rings. The number of hydrogen-bond acceptors (Lipinski definition) is 5. The zero-order chi connectivity index (χ0) is 21.4. The zero-order valence-electron chi connectivity index (χ0n) is 15.3. The smallest absolute Gasteiger partial charge is 0.418 e. The highest BCUT2D eigenvalue weighted by molar-refractivity contribution is 5.71. The number of piperidine rings is 1. The molecule has 1 aromatic carbocycles. The van der Waals surface area contributed by atoms with Gasteiger partial charge in [0.25, 0.3) is 0 Å². The maximum Gasteiger partial charge on any atom is 0.418 e. The summed E-state index contributed by atoms with van der Waals surface area (Å²) in [5.74, 6) is -1.05. The van der Waals surface area contributed by atoms with Crippen LogP contribution in [0.5, 0.6) is 5.75 Å². The van der Waals surface area contributed by atoms with E-state index in [2.05, 4.69) is 15.5 Å². The van der Waals surface area contributed by atoms with Crippen LogP contribution in [0, 0.1) is 0 Å². The van der Waals surface area contributed by atoms with E-state index in [4.69, 9.17) is 0 Å². The quantitative estimate of drug-likeness (QED) is 0.722. The first-order valence-electron chi connectivity index (χ1n) is 8.75. The van der Waals surface area contributed by atoms with Crippen LogP contribution in [0.1, 0.15) is 24.0 Å². The Labute approximate surface area is 162 Å². The molecule has 1 saturated heterocycles. The van der Waals surface area contributed by atoms with Gasteiger partial charge in [0.15, 0.2) is 0 Å². The Morgan fingerprint density at radius 3 is 2.38 bits per heavy atom. The summed E-state index contributed by atoms with van der Waals surface area (Å²) in [6.45, 7) is 1.52. The van der Waals surface area contributed by atoms with Crippen molar-refractivity contribution in [2.24, 2.45) is 0 Å². The van der Waals surface area contributed by atoms with Crippen molar-refractivity contribution in [3.63, 3.8) is 0 Å². The van der Waals surface area contributed by atoms with Crippen LogP contribution in [0.25, 0.3) is 11.3 Å². The largest absolute Gasteiger partial charge is 0.507 e. The van der Waals surface area contributed by atoms with Crippen molar-refractivity contribution >= 4 is 5.82 Å². The number of halogens is 6. The lowest BCUT2D eigenvalue weighted by Crippen LogP contribution is -2.40. The molecule has 0 amide bonds. The minimum absolute atomic E-state index is 0.0900. The molecule has 1 unspecified atom stereocenters. The second kappa shape index (κ2) is 7.69. The second-order valence-corrected chi connectivity index (χ2v) is 6.97. The van der Waals surface area contributed by atoms with E-state index in [1.807, 2.05) is 11.9 Å². The monoisotopic (exact) mass is 420 g/mol. The number of hydrogen-bond donors (Lipinski definition) is 2. The number of nitrogens with zero attached hydrogens (tertiary/aromatic N) is 3. The molecule has 1 fully saturated rings. The lowest BCUT2D eigenvalue weighted by Gasteiger charge is -2.30. The standard InChI is InChI=1S/C18H18F6N4O/c1-28-6-2-3-11(9-28)25-15-8-13(18(22,23)24)16(27-26-15)12-5-4-10(7-14(12)29)17(19,20)21/h4-5,7-8,11,29H,2-3,6,9H2,1H3,(H,25,26). The Balaban J connectivity index is 1.97. The first kappa shape index (κ1) is 21.2. The molecule has 0 aliphatic carbocycles. The average Bonchev–Trinajstić information content (AvgIpc) is 2.60. The van der Waals surface area contributed by atoms with Gasteiger partial charge < -0.3 is 15.3 Å². The first-order valence-corrected chi connectivity index (χ1v) is 8.75. The van der Waals surface area contributed by atoms with Crippen molar-refractivity contribution in [1.29, 1.82) is 0 Å². The van der Waals surface area contributed by atoms with Gasteiger partial charge >= 0.3 is 12.4 Å². The van der Waals surface area contributed by atoms with Crippen LogP contribution in [-0.4, -0.2) is 46.4 Å². The van der Waals surface area contributed by atoms with Crippen LogP contribution in [0.15, 0.2) is 24.3 Å². The number of anilines is 1. The summed E-state index contributed by atoms with van der Waals surface area (Å²) < 4.78 is 79.0. The summed E-state index contributed by atoms with van der Waals surface area (Å²) in [4.78, 5) is 2.04. The normalized spacial score (nSPS) is 18.7. The van der Waals surface area contributed by atoms with Crippen LogP contribution in [0.2, 0.25) is 0 Å². The molecule has 2 heterocycles. The Morgan fingerprint density at radius 1 is 1.07 bits per heavy atom. The number of likely N-dealkylation sites (N-methyl/N-ethyl adjacent to an activating group) is 1. The van der Waals surface area contributed by atoms with Gasteiger partial charge in [-0.1, -0.05) is 0 Å². The van der Waals surface area contributed by atoms with Gasteiger partial charge in [-0.2, -0.15) is 26.3 Å². The van der Waals surface area contributed by atoms with Gasteiger partial charge in [0.2, 0.25) is 0 Å². The molecular formula is C18H18F6N4O. The molecule has 0 bridgehead atoms. The number of phenols is 1. The number of alkyl halides is 6. The number of likely N-dealkylation sites (tertiary alicyclic amines) is 1. The van der Waals surface area contributed by atoms with Crippen molar-refractivity contribution in [2.45, 2.75) is 31.2 Å². The summed E-state index contributed by atoms with van der Waals surface area (Å²) in [7, 11) is 1.90. The van der Waals surface area contributed by atoms with Crippen molar-refractivity contribution < 1.29 is 31.4 Å². The predicted molar refractivity (Wildman–Crippen MR) is 93.3 cm³/mol. The van der Waals surface area contributed by atoms with Crippen molar-refractivity contribution in [3.8, 4) is 17.0 Å². The highest BCUT2D eigenvalue weighted by Gasteiger charge is 2.37. The number of rotatable bonds is 3. The van der Waals surface area contributed by atoms with E-state index in [-0.39, 0.29) is 11.9 Å². The van der Waals surface area contributed by atoms with E-state index < -0.39 is 40.5 Å². The predicted octanol–water partition coefficient (Wildman–Crippen LogP) is 4.39. The SMILES string of the molecule is CN1CCCC(Nc2cc(C(F)(F)F)c(-c3ccc(C(F)(F)F)cc3O)nn2)C1. The number of aromatic hydroxyl groups is 1. The minimum atomic E-state index is -4.85. The van der Waals surface area contributed by atoms with E-state index >= 15 is 0 Å². The zero-order valence-corrected chi connectivity index (χ0v) is 15.3. The molecule has 0 spiro atoms. The summed E-state index contributed by atoms with van der Waals surface area (Å²) in [6.07, 6.45) is -7.95.